The van der Waals surface area contributed by atoms with Crippen molar-refractivity contribution in [1.29, 1.82) is 0 Å². The van der Waals surface area contributed by atoms with Gasteiger partial charge in [-0.2, -0.15) is 0 Å². The third-order valence-electron chi connectivity index (χ3n) is 4.06. The molecule has 0 aliphatic heterocycles. The van der Waals surface area contributed by atoms with Gasteiger partial charge in [-0.1, -0.05) is 23.7 Å². The highest BCUT2D eigenvalue weighted by Crippen LogP contribution is 2.27. The smallest absolute Gasteiger partial charge is 0.331 e. The number of carbonyl (C=O) groups is 1. The average Bonchev–Trinajstić information content (AvgIpc) is 2.65. The Kier molecular flexibility index (Phi) is 7.32. The predicted molar refractivity (Wildman–Crippen MR) is 101 cm³/mol. The molecule has 0 aliphatic carbocycles. The lowest BCUT2D eigenvalue weighted by atomic mass is 10.1. The highest BCUT2D eigenvalue weighted by Gasteiger charge is 2.18. The first kappa shape index (κ1) is 20.9. The van der Waals surface area contributed by atoms with Crippen LogP contribution < -0.4 is 16.6 Å². The fourth-order valence-corrected chi connectivity index (χ4v) is 2.86. The minimum atomic E-state index is -0.681. The van der Waals surface area contributed by atoms with Gasteiger partial charge in [0, 0.05) is 18.3 Å². The first-order chi connectivity index (χ1) is 12.9. The Labute approximate surface area is 160 Å². The van der Waals surface area contributed by atoms with Crippen LogP contribution >= 0.6 is 11.6 Å². The molecule has 0 bridgehead atoms. The molecule has 9 heteroatoms. The van der Waals surface area contributed by atoms with Crippen molar-refractivity contribution in [3.63, 3.8) is 0 Å². The number of aromatic nitrogens is 2. The monoisotopic (exact) mass is 397 g/mol. The summed E-state index contributed by atoms with van der Waals surface area (Å²) >= 11 is 6.01. The first-order valence-corrected chi connectivity index (χ1v) is 8.78. The maximum atomic E-state index is 13.8. The van der Waals surface area contributed by atoms with Gasteiger partial charge in [-0.05, 0) is 32.5 Å². The van der Waals surface area contributed by atoms with Crippen LogP contribution in [0, 0.1) is 5.82 Å². The number of hydrogen-bond acceptors (Lipinski definition) is 5. The molecule has 1 N–H and O–H groups in total. The average molecular weight is 398 g/mol. The van der Waals surface area contributed by atoms with Gasteiger partial charge in [-0.25, -0.2) is 9.18 Å². The van der Waals surface area contributed by atoms with E-state index in [1.54, 1.807) is 0 Å². The second kappa shape index (κ2) is 9.48. The molecule has 0 fully saturated rings. The maximum absolute atomic E-state index is 13.8. The zero-order valence-electron chi connectivity index (χ0n) is 15.1. The number of methoxy groups -OCH3 is 1. The molecular weight excluding hydrogens is 377 g/mol. The van der Waals surface area contributed by atoms with Gasteiger partial charge in [-0.3, -0.25) is 18.7 Å². The summed E-state index contributed by atoms with van der Waals surface area (Å²) in [6, 6.07) is 4.08. The Morgan fingerprint density at radius 2 is 2.00 bits per heavy atom. The minimum Gasteiger partial charge on any atom is -0.468 e. The molecule has 146 valence electrons. The number of esters is 1. The van der Waals surface area contributed by atoms with Crippen LogP contribution in [0.5, 0.6) is 0 Å². The number of benzene rings is 1. The van der Waals surface area contributed by atoms with Gasteiger partial charge < -0.3 is 10.1 Å². The Morgan fingerprint density at radius 3 is 2.67 bits per heavy atom. The Bertz CT molecular complexity index is 939. The number of rotatable bonds is 8. The van der Waals surface area contributed by atoms with Crippen molar-refractivity contribution in [2.24, 2.45) is 0 Å². The summed E-state index contributed by atoms with van der Waals surface area (Å²) in [5.41, 5.74) is -1.02. The molecule has 0 radical (unpaired) electrons. The molecule has 0 spiro atoms. The summed E-state index contributed by atoms with van der Waals surface area (Å²) in [5.74, 6) is -1.33. The van der Waals surface area contributed by atoms with E-state index >= 15 is 0 Å². The van der Waals surface area contributed by atoms with Crippen LogP contribution in [0.2, 0.25) is 5.02 Å². The molecule has 0 saturated carbocycles. The van der Waals surface area contributed by atoms with E-state index in [9.17, 15) is 18.8 Å². The van der Waals surface area contributed by atoms with Crippen molar-refractivity contribution in [2.45, 2.75) is 25.9 Å². The van der Waals surface area contributed by atoms with Crippen molar-refractivity contribution < 1.29 is 13.9 Å². The molecule has 0 saturated heterocycles. The van der Waals surface area contributed by atoms with Crippen molar-refractivity contribution in [2.75, 3.05) is 20.7 Å². The third kappa shape index (κ3) is 4.84. The SMILES string of the molecule is CNCCCCn1c(=O)c(-c2cccc(F)c2Cl)cn(CC(=O)OC)c1=O. The zero-order chi connectivity index (χ0) is 20.0. The number of carbonyl (C=O) groups excluding carboxylic acids is 1. The lowest BCUT2D eigenvalue weighted by Gasteiger charge is -2.13. The van der Waals surface area contributed by atoms with E-state index in [0.717, 1.165) is 22.1 Å². The summed E-state index contributed by atoms with van der Waals surface area (Å²) in [6.07, 6.45) is 2.55. The van der Waals surface area contributed by atoms with Gasteiger partial charge in [0.15, 0.2) is 0 Å². The molecular formula is C18H21ClFN3O4. The van der Waals surface area contributed by atoms with E-state index in [2.05, 4.69) is 10.1 Å². The first-order valence-electron chi connectivity index (χ1n) is 8.40. The van der Waals surface area contributed by atoms with Gasteiger partial charge >= 0.3 is 11.7 Å². The standard InChI is InChI=1S/C18H21ClFN3O4/c1-21-8-3-4-9-23-17(25)13(12-6-5-7-14(20)16(12)19)10-22(18(23)26)11-15(24)27-2/h5-7,10,21H,3-4,8-9,11H2,1-2H3. The van der Waals surface area contributed by atoms with Crippen molar-refractivity contribution in [3.8, 4) is 11.1 Å². The van der Waals surface area contributed by atoms with Crippen molar-refractivity contribution >= 4 is 17.6 Å². The molecule has 27 heavy (non-hydrogen) atoms. The van der Waals surface area contributed by atoms with E-state index in [0.29, 0.717) is 6.42 Å². The number of ether oxygens (including phenoxy) is 1. The quantitative estimate of drug-likeness (QED) is 0.541. The lowest BCUT2D eigenvalue weighted by Crippen LogP contribution is -2.41. The second-order valence-electron chi connectivity index (χ2n) is 5.90. The zero-order valence-corrected chi connectivity index (χ0v) is 15.9. The van der Waals surface area contributed by atoms with Gasteiger partial charge in [0.05, 0.1) is 17.7 Å². The van der Waals surface area contributed by atoms with Crippen LogP contribution in [0.15, 0.2) is 34.0 Å². The summed E-state index contributed by atoms with van der Waals surface area (Å²) in [4.78, 5) is 37.1. The van der Waals surface area contributed by atoms with Crippen LogP contribution in [0.4, 0.5) is 4.39 Å². The molecule has 0 unspecified atom stereocenters. The molecule has 0 amide bonds. The number of nitrogens with one attached hydrogen (secondary N) is 1. The summed E-state index contributed by atoms with van der Waals surface area (Å²) < 4.78 is 20.5. The fraction of sp³-hybridized carbons (Fsp3) is 0.389. The molecule has 1 aromatic heterocycles. The Balaban J connectivity index is 2.60. The maximum Gasteiger partial charge on any atom is 0.331 e. The van der Waals surface area contributed by atoms with Gasteiger partial charge in [0.2, 0.25) is 0 Å². The lowest BCUT2D eigenvalue weighted by molar-refractivity contribution is -0.141. The van der Waals surface area contributed by atoms with Gasteiger partial charge in [0.1, 0.15) is 12.4 Å². The van der Waals surface area contributed by atoms with E-state index in [-0.39, 0.29) is 29.2 Å². The number of hydrogen-bond donors (Lipinski definition) is 1. The van der Waals surface area contributed by atoms with Crippen LogP contribution in [0.25, 0.3) is 11.1 Å². The molecule has 0 atom stereocenters. The van der Waals surface area contributed by atoms with E-state index in [1.165, 1.54) is 31.5 Å². The van der Waals surface area contributed by atoms with Gasteiger partial charge in [-0.15, -0.1) is 0 Å². The molecule has 7 nitrogen and oxygen atoms in total. The van der Waals surface area contributed by atoms with Crippen LogP contribution in [0.1, 0.15) is 12.8 Å². The second-order valence-corrected chi connectivity index (χ2v) is 6.28. The van der Waals surface area contributed by atoms with Gasteiger partial charge in [0.25, 0.3) is 5.56 Å². The summed E-state index contributed by atoms with van der Waals surface area (Å²) in [6.45, 7) is 0.536. The highest BCUT2D eigenvalue weighted by molar-refractivity contribution is 6.33. The van der Waals surface area contributed by atoms with Crippen LogP contribution in [-0.4, -0.2) is 35.8 Å². The van der Waals surface area contributed by atoms with E-state index in [4.69, 9.17) is 11.6 Å². The van der Waals surface area contributed by atoms with Crippen molar-refractivity contribution in [3.05, 3.63) is 56.1 Å². The number of nitrogens with zero attached hydrogens (tertiary/aromatic N) is 2. The van der Waals surface area contributed by atoms with E-state index < -0.39 is 23.0 Å². The van der Waals surface area contributed by atoms with Crippen molar-refractivity contribution in [1.82, 2.24) is 14.5 Å². The summed E-state index contributed by atoms with van der Waals surface area (Å²) in [5, 5.41) is 2.77. The molecule has 1 aromatic carbocycles. The topological polar surface area (TPSA) is 82.3 Å². The number of halogens is 2. The fourth-order valence-electron chi connectivity index (χ4n) is 2.64. The molecule has 2 aromatic rings. The number of unbranched alkanes of at least 4 members (excludes halogenated alkanes) is 1. The molecule has 2 rings (SSSR count). The molecule has 1 heterocycles. The minimum absolute atomic E-state index is 0.0385. The normalized spacial score (nSPS) is 10.8. The summed E-state index contributed by atoms with van der Waals surface area (Å²) in [7, 11) is 3.01. The van der Waals surface area contributed by atoms with Crippen LogP contribution in [-0.2, 0) is 22.6 Å². The van der Waals surface area contributed by atoms with E-state index in [1.807, 2.05) is 7.05 Å². The predicted octanol–water partition coefficient (Wildman–Crippen LogP) is 1.64. The largest absolute Gasteiger partial charge is 0.468 e. The Morgan fingerprint density at radius 1 is 1.26 bits per heavy atom. The van der Waals surface area contributed by atoms with Crippen LogP contribution in [0.3, 0.4) is 0 Å². The third-order valence-corrected chi connectivity index (χ3v) is 4.45. The Hall–Kier alpha value is -2.45. The molecule has 0 aliphatic rings. The highest BCUT2D eigenvalue weighted by atomic mass is 35.5.